The topological polar surface area (TPSA) is 12.9 Å². The molecule has 1 aromatic carbocycles. The third-order valence-electron chi connectivity index (χ3n) is 3.51. The van der Waals surface area contributed by atoms with Crippen LogP contribution in [0.5, 0.6) is 0 Å². The van der Waals surface area contributed by atoms with Crippen LogP contribution in [0, 0.1) is 11.9 Å². The Morgan fingerprint density at radius 1 is 1.06 bits per heavy atom. The van der Waals surface area contributed by atoms with E-state index in [-0.39, 0.29) is 0 Å². The minimum atomic E-state index is -0.433. The van der Waals surface area contributed by atoms with Crippen LogP contribution in [-0.4, -0.2) is 4.98 Å². The first-order chi connectivity index (χ1) is 8.24. The average Bonchev–Trinajstić information content (AvgIpc) is 3.08. The van der Waals surface area contributed by atoms with Gasteiger partial charge in [-0.3, -0.25) is 0 Å². The average molecular weight is 227 g/mol. The summed E-state index contributed by atoms with van der Waals surface area (Å²) < 4.78 is 12.7. The molecule has 0 aliphatic heterocycles. The first kappa shape index (κ1) is 10.5. The largest absolute Gasteiger partial charge is 0.228 e. The molecule has 0 amide bonds. The molecule has 1 aliphatic rings. The highest BCUT2D eigenvalue weighted by atomic mass is 19.1. The van der Waals surface area contributed by atoms with Crippen molar-refractivity contribution in [2.45, 2.75) is 19.3 Å². The standard InChI is InChI=1S/C15H14FN/c1-10-8-14(10)12-4-2-11(3-5-12)13-6-7-15(16)17-9-13/h2-7,9-10,14H,8H2,1H3. The minimum absolute atomic E-state index is 0.433. The highest BCUT2D eigenvalue weighted by Crippen LogP contribution is 2.46. The zero-order valence-electron chi connectivity index (χ0n) is 9.73. The lowest BCUT2D eigenvalue weighted by Gasteiger charge is -2.03. The highest BCUT2D eigenvalue weighted by Gasteiger charge is 2.33. The number of pyridine rings is 1. The summed E-state index contributed by atoms with van der Waals surface area (Å²) in [4.78, 5) is 3.67. The van der Waals surface area contributed by atoms with Gasteiger partial charge in [-0.2, -0.15) is 4.39 Å². The molecule has 0 N–H and O–H groups in total. The van der Waals surface area contributed by atoms with Crippen LogP contribution < -0.4 is 0 Å². The van der Waals surface area contributed by atoms with Crippen molar-refractivity contribution in [3.63, 3.8) is 0 Å². The molecule has 86 valence electrons. The smallest absolute Gasteiger partial charge is 0.212 e. The van der Waals surface area contributed by atoms with Gasteiger partial charge >= 0.3 is 0 Å². The van der Waals surface area contributed by atoms with Crippen molar-refractivity contribution in [3.05, 3.63) is 54.1 Å². The van der Waals surface area contributed by atoms with Crippen LogP contribution in [0.1, 0.15) is 24.8 Å². The Kier molecular flexibility index (Phi) is 2.43. The summed E-state index contributed by atoms with van der Waals surface area (Å²) in [5.74, 6) is 1.14. The molecule has 2 aromatic rings. The zero-order chi connectivity index (χ0) is 11.8. The quantitative estimate of drug-likeness (QED) is 0.706. The molecule has 0 spiro atoms. The fourth-order valence-corrected chi connectivity index (χ4v) is 2.26. The van der Waals surface area contributed by atoms with Gasteiger partial charge in [-0.05, 0) is 41.5 Å². The minimum Gasteiger partial charge on any atom is -0.228 e. The Balaban J connectivity index is 1.86. The Morgan fingerprint density at radius 2 is 1.71 bits per heavy atom. The van der Waals surface area contributed by atoms with Crippen LogP contribution >= 0.6 is 0 Å². The van der Waals surface area contributed by atoms with E-state index in [2.05, 4.69) is 36.2 Å². The van der Waals surface area contributed by atoms with Gasteiger partial charge in [0.2, 0.25) is 5.95 Å². The number of halogens is 1. The third-order valence-corrected chi connectivity index (χ3v) is 3.51. The molecule has 17 heavy (non-hydrogen) atoms. The molecular weight excluding hydrogens is 213 g/mol. The molecule has 2 unspecified atom stereocenters. The van der Waals surface area contributed by atoms with Crippen molar-refractivity contribution in [3.8, 4) is 11.1 Å². The fourth-order valence-electron chi connectivity index (χ4n) is 2.26. The monoisotopic (exact) mass is 227 g/mol. The second kappa shape index (κ2) is 3.95. The van der Waals surface area contributed by atoms with E-state index in [0.29, 0.717) is 0 Å². The van der Waals surface area contributed by atoms with E-state index in [4.69, 9.17) is 0 Å². The van der Waals surface area contributed by atoms with Crippen LogP contribution in [-0.2, 0) is 0 Å². The summed E-state index contributed by atoms with van der Waals surface area (Å²) in [7, 11) is 0. The maximum atomic E-state index is 12.7. The van der Waals surface area contributed by atoms with Crippen LogP contribution in [0.2, 0.25) is 0 Å². The molecule has 0 bridgehead atoms. The molecule has 1 fully saturated rings. The molecule has 3 rings (SSSR count). The predicted molar refractivity (Wildman–Crippen MR) is 66.2 cm³/mol. The van der Waals surface area contributed by atoms with Gasteiger partial charge in [0.15, 0.2) is 0 Å². The molecule has 1 nitrogen and oxygen atoms in total. The van der Waals surface area contributed by atoms with Crippen molar-refractivity contribution >= 4 is 0 Å². The van der Waals surface area contributed by atoms with Crippen LogP contribution in [0.4, 0.5) is 4.39 Å². The Bertz CT molecular complexity index is 516. The Labute approximate surface area is 100 Å². The number of benzene rings is 1. The molecule has 1 aromatic heterocycles. The maximum Gasteiger partial charge on any atom is 0.212 e. The van der Waals surface area contributed by atoms with E-state index < -0.39 is 5.95 Å². The van der Waals surface area contributed by atoms with Gasteiger partial charge in [-0.15, -0.1) is 0 Å². The summed E-state index contributed by atoms with van der Waals surface area (Å²) >= 11 is 0. The molecule has 1 heterocycles. The van der Waals surface area contributed by atoms with Gasteiger partial charge in [0.25, 0.3) is 0 Å². The second-order valence-electron chi connectivity index (χ2n) is 4.81. The first-order valence-corrected chi connectivity index (χ1v) is 5.96. The van der Waals surface area contributed by atoms with E-state index in [0.717, 1.165) is 23.0 Å². The van der Waals surface area contributed by atoms with Crippen LogP contribution in [0.3, 0.4) is 0 Å². The number of rotatable bonds is 2. The van der Waals surface area contributed by atoms with E-state index >= 15 is 0 Å². The molecule has 1 saturated carbocycles. The van der Waals surface area contributed by atoms with Crippen molar-refractivity contribution in [1.82, 2.24) is 4.98 Å². The van der Waals surface area contributed by atoms with Crippen molar-refractivity contribution in [2.75, 3.05) is 0 Å². The highest BCUT2D eigenvalue weighted by molar-refractivity contribution is 5.62. The lowest BCUT2D eigenvalue weighted by atomic mass is 10.0. The predicted octanol–water partition coefficient (Wildman–Crippen LogP) is 4.01. The molecular formula is C15H14FN. The third kappa shape index (κ3) is 2.07. The Hall–Kier alpha value is -1.70. The van der Waals surface area contributed by atoms with Gasteiger partial charge in [-0.25, -0.2) is 4.98 Å². The van der Waals surface area contributed by atoms with E-state index in [1.165, 1.54) is 18.1 Å². The summed E-state index contributed by atoms with van der Waals surface area (Å²) in [5.41, 5.74) is 3.47. The van der Waals surface area contributed by atoms with E-state index in [9.17, 15) is 4.39 Å². The maximum absolute atomic E-state index is 12.7. The molecule has 0 saturated heterocycles. The number of nitrogens with zero attached hydrogens (tertiary/aromatic N) is 1. The van der Waals surface area contributed by atoms with Gasteiger partial charge in [0.05, 0.1) is 0 Å². The number of hydrogen-bond donors (Lipinski definition) is 0. The molecule has 1 aliphatic carbocycles. The van der Waals surface area contributed by atoms with Gasteiger partial charge in [-0.1, -0.05) is 31.2 Å². The SMILES string of the molecule is CC1CC1c1ccc(-c2ccc(F)nc2)cc1. The van der Waals surface area contributed by atoms with Gasteiger partial charge in [0.1, 0.15) is 0 Å². The van der Waals surface area contributed by atoms with Crippen LogP contribution in [0.25, 0.3) is 11.1 Å². The van der Waals surface area contributed by atoms with Crippen molar-refractivity contribution < 1.29 is 4.39 Å². The van der Waals surface area contributed by atoms with Gasteiger partial charge in [0, 0.05) is 11.8 Å². The second-order valence-corrected chi connectivity index (χ2v) is 4.81. The number of aromatic nitrogens is 1. The Morgan fingerprint density at radius 3 is 2.24 bits per heavy atom. The summed E-state index contributed by atoms with van der Waals surface area (Å²) in [6.45, 7) is 2.28. The normalized spacial score (nSPS) is 22.5. The van der Waals surface area contributed by atoms with Crippen molar-refractivity contribution in [1.29, 1.82) is 0 Å². The van der Waals surface area contributed by atoms with Gasteiger partial charge < -0.3 is 0 Å². The molecule has 2 heteroatoms. The van der Waals surface area contributed by atoms with E-state index in [1.54, 1.807) is 12.3 Å². The molecule has 0 radical (unpaired) electrons. The summed E-state index contributed by atoms with van der Waals surface area (Å²) in [6.07, 6.45) is 2.88. The summed E-state index contributed by atoms with van der Waals surface area (Å²) in [5, 5.41) is 0. The first-order valence-electron chi connectivity index (χ1n) is 5.96. The lowest BCUT2D eigenvalue weighted by Crippen LogP contribution is -1.85. The molecule has 2 atom stereocenters. The number of hydrogen-bond acceptors (Lipinski definition) is 1. The van der Waals surface area contributed by atoms with Crippen molar-refractivity contribution in [2.24, 2.45) is 5.92 Å². The van der Waals surface area contributed by atoms with Crippen LogP contribution in [0.15, 0.2) is 42.6 Å². The zero-order valence-corrected chi connectivity index (χ0v) is 9.73. The lowest BCUT2D eigenvalue weighted by molar-refractivity contribution is 0.584. The van der Waals surface area contributed by atoms with E-state index in [1.807, 2.05) is 0 Å². The summed E-state index contributed by atoms with van der Waals surface area (Å²) in [6, 6.07) is 11.7. The fraction of sp³-hybridized carbons (Fsp3) is 0.267.